The van der Waals surface area contributed by atoms with Gasteiger partial charge in [-0.15, -0.1) is 0 Å². The van der Waals surface area contributed by atoms with Gasteiger partial charge >= 0.3 is 0 Å². The Morgan fingerprint density at radius 2 is 1.50 bits per heavy atom. The van der Waals surface area contributed by atoms with E-state index in [1.165, 1.54) is 0 Å². The van der Waals surface area contributed by atoms with Crippen LogP contribution in [0.4, 0.5) is 0 Å². The molecule has 1 saturated heterocycles. The molecule has 4 nitrogen and oxygen atoms in total. The number of rotatable bonds is 4. The minimum Gasteiger partial charge on any atom is -0.355 e. The molecule has 2 aromatic carbocycles. The highest BCUT2D eigenvalue weighted by molar-refractivity contribution is 6.02. The minimum atomic E-state index is -0.662. The highest BCUT2D eigenvalue weighted by Gasteiger charge is 2.46. The predicted molar refractivity (Wildman–Crippen MR) is 102 cm³/mol. The molecule has 1 aliphatic heterocycles. The molecule has 0 bridgehead atoms. The molecule has 136 valence electrons. The summed E-state index contributed by atoms with van der Waals surface area (Å²) in [6, 6.07) is 19.4. The Morgan fingerprint density at radius 3 is 1.96 bits per heavy atom. The summed E-state index contributed by atoms with van der Waals surface area (Å²) in [5.74, 6) is -1.08. The third-order valence-corrected chi connectivity index (χ3v) is 5.13. The molecule has 2 atom stereocenters. The van der Waals surface area contributed by atoms with E-state index in [1.807, 2.05) is 60.7 Å². The maximum absolute atomic E-state index is 13.1. The number of carbonyl (C=O) groups is 2. The van der Waals surface area contributed by atoms with Gasteiger partial charge in [-0.25, -0.2) is 0 Å². The molecule has 4 heteroatoms. The predicted octanol–water partition coefficient (Wildman–Crippen LogP) is 3.30. The lowest BCUT2D eigenvalue weighted by Gasteiger charge is -2.30. The first-order valence-corrected chi connectivity index (χ1v) is 9.06. The molecule has 0 aliphatic carbocycles. The molecule has 2 aromatic rings. The van der Waals surface area contributed by atoms with E-state index < -0.39 is 5.92 Å². The smallest absolute Gasteiger partial charge is 0.233 e. The molecule has 1 heterocycles. The van der Waals surface area contributed by atoms with Gasteiger partial charge in [-0.05, 0) is 16.5 Å². The molecular formula is C22H26N2O2. The minimum absolute atomic E-state index is 0.0257. The second-order valence-corrected chi connectivity index (χ2v) is 7.96. The molecule has 1 aliphatic rings. The summed E-state index contributed by atoms with van der Waals surface area (Å²) in [5.41, 5.74) is 1.87. The third-order valence-electron chi connectivity index (χ3n) is 5.13. The lowest BCUT2D eigenvalue weighted by atomic mass is 9.74. The van der Waals surface area contributed by atoms with Crippen molar-refractivity contribution in [3.05, 3.63) is 71.8 Å². The van der Waals surface area contributed by atoms with Crippen molar-refractivity contribution in [1.82, 2.24) is 10.6 Å². The van der Waals surface area contributed by atoms with Crippen LogP contribution in [-0.4, -0.2) is 18.4 Å². The monoisotopic (exact) mass is 350 g/mol. The van der Waals surface area contributed by atoms with Gasteiger partial charge in [0.2, 0.25) is 11.8 Å². The number of amides is 2. The summed E-state index contributed by atoms with van der Waals surface area (Å²) < 4.78 is 0. The summed E-state index contributed by atoms with van der Waals surface area (Å²) >= 11 is 0. The normalized spacial score (nSPS) is 20.1. The Bertz CT molecular complexity index is 726. The van der Waals surface area contributed by atoms with E-state index in [0.717, 1.165) is 11.1 Å². The molecule has 0 radical (unpaired) electrons. The van der Waals surface area contributed by atoms with Crippen molar-refractivity contribution in [3.63, 3.8) is 0 Å². The van der Waals surface area contributed by atoms with Crippen LogP contribution >= 0.6 is 0 Å². The number of carbonyl (C=O) groups excluding carboxylic acids is 2. The van der Waals surface area contributed by atoms with Crippen molar-refractivity contribution in [3.8, 4) is 0 Å². The van der Waals surface area contributed by atoms with E-state index in [2.05, 4.69) is 31.4 Å². The lowest BCUT2D eigenvalue weighted by molar-refractivity contribution is -0.135. The van der Waals surface area contributed by atoms with Crippen molar-refractivity contribution in [2.45, 2.75) is 26.8 Å². The van der Waals surface area contributed by atoms with E-state index in [-0.39, 0.29) is 29.2 Å². The van der Waals surface area contributed by atoms with Crippen LogP contribution < -0.4 is 10.6 Å². The Morgan fingerprint density at radius 1 is 1.00 bits per heavy atom. The first-order chi connectivity index (χ1) is 12.4. The quantitative estimate of drug-likeness (QED) is 0.831. The summed E-state index contributed by atoms with van der Waals surface area (Å²) in [7, 11) is 0. The third kappa shape index (κ3) is 3.79. The SMILES string of the molecule is CC(C)(C)C1CNC(=O)C1C(=O)NC(c1ccccc1)c1ccccc1. The van der Waals surface area contributed by atoms with Gasteiger partial charge in [-0.3, -0.25) is 9.59 Å². The fourth-order valence-electron chi connectivity index (χ4n) is 3.61. The van der Waals surface area contributed by atoms with Crippen LogP contribution in [0.1, 0.15) is 37.9 Å². The van der Waals surface area contributed by atoms with Gasteiger partial charge in [0.25, 0.3) is 0 Å². The average molecular weight is 350 g/mol. The molecule has 0 aromatic heterocycles. The standard InChI is InChI=1S/C22H26N2O2/c1-22(2,3)17-14-23-20(25)18(17)21(26)24-19(15-10-6-4-7-11-15)16-12-8-5-9-13-16/h4-13,17-19H,14H2,1-3H3,(H,23,25)(H,24,26). The van der Waals surface area contributed by atoms with Gasteiger partial charge in [0.05, 0.1) is 6.04 Å². The van der Waals surface area contributed by atoms with E-state index in [4.69, 9.17) is 0 Å². The summed E-state index contributed by atoms with van der Waals surface area (Å²) in [5, 5.41) is 5.98. The van der Waals surface area contributed by atoms with Gasteiger partial charge in [-0.2, -0.15) is 0 Å². The number of benzene rings is 2. The Hall–Kier alpha value is -2.62. The number of nitrogens with one attached hydrogen (secondary N) is 2. The largest absolute Gasteiger partial charge is 0.355 e. The van der Waals surface area contributed by atoms with Crippen LogP contribution in [0, 0.1) is 17.3 Å². The lowest BCUT2D eigenvalue weighted by Crippen LogP contribution is -2.42. The zero-order chi connectivity index (χ0) is 18.7. The van der Waals surface area contributed by atoms with Crippen LogP contribution in [0.25, 0.3) is 0 Å². The number of hydrogen-bond donors (Lipinski definition) is 2. The summed E-state index contributed by atoms with van der Waals surface area (Å²) in [6.45, 7) is 6.76. The summed E-state index contributed by atoms with van der Waals surface area (Å²) in [6.07, 6.45) is 0. The Labute approximate surface area is 155 Å². The van der Waals surface area contributed by atoms with Crippen molar-refractivity contribution in [2.24, 2.45) is 17.3 Å². The van der Waals surface area contributed by atoms with Crippen molar-refractivity contribution in [1.29, 1.82) is 0 Å². The molecule has 0 saturated carbocycles. The second kappa shape index (κ2) is 7.32. The fraction of sp³-hybridized carbons (Fsp3) is 0.364. The molecule has 26 heavy (non-hydrogen) atoms. The Kier molecular flexibility index (Phi) is 5.12. The van der Waals surface area contributed by atoms with E-state index >= 15 is 0 Å². The van der Waals surface area contributed by atoms with Gasteiger partial charge in [0, 0.05) is 12.5 Å². The maximum atomic E-state index is 13.1. The zero-order valence-electron chi connectivity index (χ0n) is 15.5. The van der Waals surface area contributed by atoms with E-state index in [1.54, 1.807) is 0 Å². The first kappa shape index (κ1) is 18.2. The van der Waals surface area contributed by atoms with Crippen molar-refractivity contribution >= 4 is 11.8 Å². The van der Waals surface area contributed by atoms with Crippen LogP contribution in [-0.2, 0) is 9.59 Å². The van der Waals surface area contributed by atoms with E-state index in [9.17, 15) is 9.59 Å². The van der Waals surface area contributed by atoms with Gasteiger partial charge < -0.3 is 10.6 Å². The average Bonchev–Trinajstić information content (AvgIpc) is 3.03. The van der Waals surface area contributed by atoms with Gasteiger partial charge in [0.1, 0.15) is 5.92 Å². The van der Waals surface area contributed by atoms with Crippen molar-refractivity contribution < 1.29 is 9.59 Å². The molecular weight excluding hydrogens is 324 g/mol. The van der Waals surface area contributed by atoms with E-state index in [0.29, 0.717) is 6.54 Å². The van der Waals surface area contributed by atoms with Crippen LogP contribution in [0.15, 0.2) is 60.7 Å². The van der Waals surface area contributed by atoms with Gasteiger partial charge in [-0.1, -0.05) is 81.4 Å². The topological polar surface area (TPSA) is 58.2 Å². The van der Waals surface area contributed by atoms with Crippen LogP contribution in [0.5, 0.6) is 0 Å². The van der Waals surface area contributed by atoms with Crippen LogP contribution in [0.3, 0.4) is 0 Å². The second-order valence-electron chi connectivity index (χ2n) is 7.96. The van der Waals surface area contributed by atoms with Gasteiger partial charge in [0.15, 0.2) is 0 Å². The molecule has 2 N–H and O–H groups in total. The first-order valence-electron chi connectivity index (χ1n) is 9.06. The maximum Gasteiger partial charge on any atom is 0.233 e. The highest BCUT2D eigenvalue weighted by Crippen LogP contribution is 2.36. The van der Waals surface area contributed by atoms with Crippen molar-refractivity contribution in [2.75, 3.05) is 6.54 Å². The van der Waals surface area contributed by atoms with Crippen LogP contribution in [0.2, 0.25) is 0 Å². The highest BCUT2D eigenvalue weighted by atomic mass is 16.2. The molecule has 2 unspecified atom stereocenters. The summed E-state index contributed by atoms with van der Waals surface area (Å²) in [4.78, 5) is 25.5. The fourth-order valence-corrected chi connectivity index (χ4v) is 3.61. The zero-order valence-corrected chi connectivity index (χ0v) is 15.5. The molecule has 1 fully saturated rings. The Balaban J connectivity index is 1.89. The molecule has 2 amide bonds. The number of hydrogen-bond acceptors (Lipinski definition) is 2. The molecule has 3 rings (SSSR count). The molecule has 0 spiro atoms.